The molecule has 6 heteroatoms. The highest BCUT2D eigenvalue weighted by atomic mass is 16.3. The number of amides is 1. The molecule has 1 aromatic carbocycles. The lowest BCUT2D eigenvalue weighted by Crippen LogP contribution is -2.48. The largest absolute Gasteiger partial charge is 0.388 e. The van der Waals surface area contributed by atoms with Gasteiger partial charge in [-0.1, -0.05) is 6.07 Å². The molecule has 1 aliphatic heterocycles. The Morgan fingerprint density at radius 1 is 1.26 bits per heavy atom. The van der Waals surface area contributed by atoms with Crippen LogP contribution in [0.2, 0.25) is 0 Å². The summed E-state index contributed by atoms with van der Waals surface area (Å²) in [5, 5.41) is 12.1. The number of benzene rings is 1. The average molecular weight is 366 g/mol. The topological polar surface area (TPSA) is 74.2 Å². The van der Waals surface area contributed by atoms with Gasteiger partial charge in [0.2, 0.25) is 0 Å². The first-order valence-electron chi connectivity index (χ1n) is 9.45. The smallest absolute Gasteiger partial charge is 0.253 e. The number of fused-ring (bicyclic) bond motifs is 1. The van der Waals surface area contributed by atoms with E-state index in [1.807, 2.05) is 47.7 Å². The minimum absolute atomic E-state index is 0.0302. The van der Waals surface area contributed by atoms with Gasteiger partial charge in [-0.3, -0.25) is 4.79 Å². The van der Waals surface area contributed by atoms with E-state index < -0.39 is 5.60 Å². The molecule has 0 bridgehead atoms. The minimum atomic E-state index is -0.792. The zero-order chi connectivity index (χ0) is 19.2. The van der Waals surface area contributed by atoms with E-state index in [0.29, 0.717) is 38.0 Å². The second-order valence-corrected chi connectivity index (χ2v) is 7.75. The van der Waals surface area contributed by atoms with Crippen LogP contribution in [0.5, 0.6) is 0 Å². The van der Waals surface area contributed by atoms with Gasteiger partial charge in [-0.25, -0.2) is 4.98 Å². The molecule has 0 aliphatic carbocycles. The fraction of sp³-hybridized carbons (Fsp3) is 0.429. The Kier molecular flexibility index (Phi) is 4.30. The van der Waals surface area contributed by atoms with Crippen LogP contribution in [0.1, 0.15) is 40.3 Å². The maximum Gasteiger partial charge on any atom is 0.253 e. The maximum absolute atomic E-state index is 12.9. The zero-order valence-electron chi connectivity index (χ0n) is 16.1. The number of hydrogen-bond acceptors (Lipinski definition) is 3. The van der Waals surface area contributed by atoms with Crippen LogP contribution >= 0.6 is 0 Å². The Bertz CT molecular complexity index is 993. The van der Waals surface area contributed by atoms with Gasteiger partial charge in [0.1, 0.15) is 5.82 Å². The molecule has 3 aromatic rings. The van der Waals surface area contributed by atoms with Crippen molar-refractivity contribution in [3.8, 4) is 0 Å². The molecule has 2 N–H and O–H groups in total. The highest BCUT2D eigenvalue weighted by Gasteiger charge is 2.34. The van der Waals surface area contributed by atoms with Gasteiger partial charge < -0.3 is 19.6 Å². The van der Waals surface area contributed by atoms with Gasteiger partial charge >= 0.3 is 0 Å². The third-order valence-electron chi connectivity index (χ3n) is 5.92. The summed E-state index contributed by atoms with van der Waals surface area (Å²) in [5.41, 5.74) is 3.26. The lowest BCUT2D eigenvalue weighted by atomic mass is 9.91. The molecule has 1 fully saturated rings. The number of piperidine rings is 1. The molecule has 2 aromatic heterocycles. The number of aliphatic hydroxyl groups is 1. The Hall–Kier alpha value is -2.60. The summed E-state index contributed by atoms with van der Waals surface area (Å²) >= 11 is 0. The van der Waals surface area contributed by atoms with E-state index >= 15 is 0 Å². The molecule has 0 saturated carbocycles. The van der Waals surface area contributed by atoms with Crippen molar-refractivity contribution in [3.63, 3.8) is 0 Å². The molecule has 0 spiro atoms. The summed E-state index contributed by atoms with van der Waals surface area (Å²) in [7, 11) is 0. The van der Waals surface area contributed by atoms with Crippen molar-refractivity contribution < 1.29 is 9.90 Å². The van der Waals surface area contributed by atoms with Gasteiger partial charge in [-0.2, -0.15) is 0 Å². The van der Waals surface area contributed by atoms with Crippen LogP contribution in [-0.4, -0.2) is 49.1 Å². The normalized spacial score (nSPS) is 16.8. The lowest BCUT2D eigenvalue weighted by molar-refractivity contribution is -0.0295. The third kappa shape index (κ3) is 3.25. The van der Waals surface area contributed by atoms with Crippen molar-refractivity contribution in [2.45, 2.75) is 45.8 Å². The van der Waals surface area contributed by atoms with E-state index in [9.17, 15) is 9.90 Å². The number of aromatic amines is 1. The van der Waals surface area contributed by atoms with Crippen LogP contribution in [0.3, 0.4) is 0 Å². The van der Waals surface area contributed by atoms with E-state index in [0.717, 1.165) is 22.4 Å². The predicted molar refractivity (Wildman–Crippen MR) is 105 cm³/mol. The first-order valence-corrected chi connectivity index (χ1v) is 9.45. The van der Waals surface area contributed by atoms with Gasteiger partial charge in [-0.05, 0) is 51.3 Å². The van der Waals surface area contributed by atoms with E-state index in [1.54, 1.807) is 6.20 Å². The molecule has 1 aliphatic rings. The molecule has 0 radical (unpaired) electrons. The van der Waals surface area contributed by atoms with Crippen LogP contribution in [-0.2, 0) is 6.54 Å². The Morgan fingerprint density at radius 3 is 2.67 bits per heavy atom. The summed E-state index contributed by atoms with van der Waals surface area (Å²) in [6, 6.07) is 5.86. The van der Waals surface area contributed by atoms with Crippen molar-refractivity contribution in [1.29, 1.82) is 0 Å². The standard InChI is InChI=1S/C21H26N4O2/c1-14-15(2)23-19-12-17(4-5-18(14)19)20(26)24-9-6-21(27,7-10-24)13-25-11-8-22-16(25)3/h4-5,8,11-12,23,27H,6-7,9-10,13H2,1-3H3. The quantitative estimate of drug-likeness (QED) is 0.748. The minimum Gasteiger partial charge on any atom is -0.388 e. The number of hydrogen-bond donors (Lipinski definition) is 2. The number of carbonyl (C=O) groups excluding carboxylic acids is 1. The SMILES string of the molecule is Cc1[nH]c2cc(C(=O)N3CCC(O)(Cn4ccnc4C)CC3)ccc2c1C. The van der Waals surface area contributed by atoms with E-state index in [4.69, 9.17) is 0 Å². The molecule has 0 atom stereocenters. The summed E-state index contributed by atoms with van der Waals surface area (Å²) < 4.78 is 1.97. The van der Waals surface area contributed by atoms with Crippen LogP contribution in [0, 0.1) is 20.8 Å². The van der Waals surface area contributed by atoms with Crippen molar-refractivity contribution in [2.75, 3.05) is 13.1 Å². The Balaban J connectivity index is 1.46. The number of aromatic nitrogens is 3. The molecule has 1 saturated heterocycles. The molecule has 142 valence electrons. The summed E-state index contributed by atoms with van der Waals surface area (Å²) in [5.74, 6) is 0.925. The Labute approximate surface area is 158 Å². The van der Waals surface area contributed by atoms with Crippen molar-refractivity contribution in [1.82, 2.24) is 19.4 Å². The lowest BCUT2D eigenvalue weighted by Gasteiger charge is -2.38. The van der Waals surface area contributed by atoms with Gasteiger partial charge in [0.25, 0.3) is 5.91 Å². The number of carbonyl (C=O) groups is 1. The molecule has 4 rings (SSSR count). The highest BCUT2D eigenvalue weighted by Crippen LogP contribution is 2.27. The number of H-pyrrole nitrogens is 1. The molecule has 6 nitrogen and oxygen atoms in total. The number of likely N-dealkylation sites (tertiary alicyclic amines) is 1. The van der Waals surface area contributed by atoms with Crippen molar-refractivity contribution >= 4 is 16.8 Å². The van der Waals surface area contributed by atoms with Crippen LogP contribution < -0.4 is 0 Å². The Morgan fingerprint density at radius 2 is 2.00 bits per heavy atom. The molecule has 27 heavy (non-hydrogen) atoms. The van der Waals surface area contributed by atoms with Gasteiger partial charge in [0.15, 0.2) is 0 Å². The molecular formula is C21H26N4O2. The molecule has 0 unspecified atom stereocenters. The first-order chi connectivity index (χ1) is 12.9. The number of imidazole rings is 1. The number of nitrogens with zero attached hydrogens (tertiary/aromatic N) is 3. The molecular weight excluding hydrogens is 340 g/mol. The number of aryl methyl sites for hydroxylation is 3. The number of nitrogens with one attached hydrogen (secondary N) is 1. The van der Waals surface area contributed by atoms with Crippen molar-refractivity contribution in [3.05, 3.63) is 53.2 Å². The van der Waals surface area contributed by atoms with E-state index in [1.165, 1.54) is 5.56 Å². The fourth-order valence-electron chi connectivity index (χ4n) is 3.96. The maximum atomic E-state index is 12.9. The second-order valence-electron chi connectivity index (χ2n) is 7.75. The summed E-state index contributed by atoms with van der Waals surface area (Å²) in [4.78, 5) is 22.3. The monoisotopic (exact) mass is 366 g/mol. The predicted octanol–water partition coefficient (Wildman–Crippen LogP) is 2.96. The van der Waals surface area contributed by atoms with E-state index in [2.05, 4.69) is 16.9 Å². The average Bonchev–Trinajstić information content (AvgIpc) is 3.17. The second kappa shape index (κ2) is 6.53. The molecule has 1 amide bonds. The third-order valence-corrected chi connectivity index (χ3v) is 5.92. The molecule has 3 heterocycles. The van der Waals surface area contributed by atoms with Gasteiger partial charge in [0, 0.05) is 47.6 Å². The fourth-order valence-corrected chi connectivity index (χ4v) is 3.96. The summed E-state index contributed by atoms with van der Waals surface area (Å²) in [6.45, 7) is 7.71. The van der Waals surface area contributed by atoms with Gasteiger partial charge in [0.05, 0.1) is 12.1 Å². The van der Waals surface area contributed by atoms with Crippen LogP contribution in [0.4, 0.5) is 0 Å². The van der Waals surface area contributed by atoms with Crippen LogP contribution in [0.25, 0.3) is 10.9 Å². The first kappa shape index (κ1) is 17.8. The summed E-state index contributed by atoms with van der Waals surface area (Å²) in [6.07, 6.45) is 4.77. The van der Waals surface area contributed by atoms with Gasteiger partial charge in [-0.15, -0.1) is 0 Å². The van der Waals surface area contributed by atoms with E-state index in [-0.39, 0.29) is 5.91 Å². The van der Waals surface area contributed by atoms with Crippen LogP contribution in [0.15, 0.2) is 30.6 Å². The highest BCUT2D eigenvalue weighted by molar-refractivity contribution is 5.98. The zero-order valence-corrected chi connectivity index (χ0v) is 16.1. The van der Waals surface area contributed by atoms with Crippen molar-refractivity contribution in [2.24, 2.45) is 0 Å². The number of rotatable bonds is 3.